The zero-order valence-corrected chi connectivity index (χ0v) is 5.40. The van der Waals surface area contributed by atoms with Crippen molar-refractivity contribution in [2.75, 3.05) is 13.2 Å². The highest BCUT2D eigenvalue weighted by Gasteiger charge is 2.35. The van der Waals surface area contributed by atoms with E-state index in [1.54, 1.807) is 0 Å². The van der Waals surface area contributed by atoms with Crippen LogP contribution in [0.3, 0.4) is 0 Å². The SMILES string of the molecule is O=N[C@@H]1C(CO)NC[C@@H]1O. The third kappa shape index (κ3) is 1.16. The lowest BCUT2D eigenvalue weighted by Gasteiger charge is -2.09. The van der Waals surface area contributed by atoms with Crippen LogP contribution < -0.4 is 5.32 Å². The fourth-order valence-electron chi connectivity index (χ4n) is 1.10. The highest BCUT2D eigenvalue weighted by atomic mass is 16.3. The van der Waals surface area contributed by atoms with E-state index >= 15 is 0 Å². The van der Waals surface area contributed by atoms with Gasteiger partial charge in [0.15, 0.2) is 0 Å². The van der Waals surface area contributed by atoms with Crippen LogP contribution in [-0.2, 0) is 0 Å². The monoisotopic (exact) mass is 146 g/mol. The molecular weight excluding hydrogens is 136 g/mol. The Kier molecular flexibility index (Phi) is 2.31. The highest BCUT2D eigenvalue weighted by Crippen LogP contribution is 2.10. The number of hydrogen-bond acceptors (Lipinski definition) is 5. The molecule has 3 atom stereocenters. The minimum atomic E-state index is -0.741. The van der Waals surface area contributed by atoms with Crippen LogP contribution in [0.15, 0.2) is 5.18 Å². The fourth-order valence-corrected chi connectivity index (χ4v) is 1.10. The number of nitrogens with one attached hydrogen (secondary N) is 1. The van der Waals surface area contributed by atoms with Gasteiger partial charge in [-0.05, 0) is 0 Å². The second-order valence-electron chi connectivity index (χ2n) is 2.36. The van der Waals surface area contributed by atoms with Crippen molar-refractivity contribution in [2.45, 2.75) is 18.2 Å². The van der Waals surface area contributed by atoms with Crippen LogP contribution >= 0.6 is 0 Å². The van der Waals surface area contributed by atoms with Crippen molar-refractivity contribution in [3.05, 3.63) is 4.91 Å². The molecule has 1 rings (SSSR count). The van der Waals surface area contributed by atoms with Gasteiger partial charge in [0.05, 0.1) is 18.8 Å². The first-order valence-electron chi connectivity index (χ1n) is 3.14. The summed E-state index contributed by atoms with van der Waals surface area (Å²) in [5, 5.41) is 23.1. The predicted octanol–water partition coefficient (Wildman–Crippen LogP) is -1.55. The van der Waals surface area contributed by atoms with E-state index in [4.69, 9.17) is 10.2 Å². The van der Waals surface area contributed by atoms with Crippen molar-refractivity contribution < 1.29 is 10.2 Å². The molecule has 0 aromatic carbocycles. The zero-order valence-electron chi connectivity index (χ0n) is 5.40. The second-order valence-corrected chi connectivity index (χ2v) is 2.36. The van der Waals surface area contributed by atoms with E-state index in [9.17, 15) is 4.91 Å². The van der Waals surface area contributed by atoms with Crippen LogP contribution in [0.25, 0.3) is 0 Å². The van der Waals surface area contributed by atoms with Crippen molar-refractivity contribution in [3.63, 3.8) is 0 Å². The molecule has 5 nitrogen and oxygen atoms in total. The zero-order chi connectivity index (χ0) is 7.56. The Balaban J connectivity index is 2.53. The minimum absolute atomic E-state index is 0.159. The fraction of sp³-hybridized carbons (Fsp3) is 1.00. The summed E-state index contributed by atoms with van der Waals surface area (Å²) >= 11 is 0. The van der Waals surface area contributed by atoms with E-state index in [0.29, 0.717) is 6.54 Å². The van der Waals surface area contributed by atoms with Crippen LogP contribution in [0.4, 0.5) is 0 Å². The van der Waals surface area contributed by atoms with Gasteiger partial charge in [-0.15, -0.1) is 0 Å². The summed E-state index contributed by atoms with van der Waals surface area (Å²) in [7, 11) is 0. The lowest BCUT2D eigenvalue weighted by Crippen LogP contribution is -2.34. The van der Waals surface area contributed by atoms with Gasteiger partial charge in [0, 0.05) is 6.54 Å². The lowest BCUT2D eigenvalue weighted by atomic mass is 10.1. The topological polar surface area (TPSA) is 81.9 Å². The molecule has 1 fully saturated rings. The van der Waals surface area contributed by atoms with Gasteiger partial charge in [-0.3, -0.25) is 0 Å². The van der Waals surface area contributed by atoms with Crippen LogP contribution in [0, 0.1) is 4.91 Å². The van der Waals surface area contributed by atoms with E-state index in [0.717, 1.165) is 0 Å². The van der Waals surface area contributed by atoms with E-state index in [1.165, 1.54) is 0 Å². The number of aliphatic hydroxyl groups excluding tert-OH is 2. The van der Waals surface area contributed by atoms with E-state index < -0.39 is 12.1 Å². The summed E-state index contributed by atoms with van der Waals surface area (Å²) in [6.07, 6.45) is -0.741. The van der Waals surface area contributed by atoms with Gasteiger partial charge in [0.2, 0.25) is 0 Å². The summed E-state index contributed by atoms with van der Waals surface area (Å²) in [5.74, 6) is 0. The molecule has 1 unspecified atom stereocenters. The third-order valence-corrected chi connectivity index (χ3v) is 1.71. The molecule has 0 amide bonds. The number of nitroso groups, excluding NO2 is 1. The van der Waals surface area contributed by atoms with Crippen molar-refractivity contribution in [1.82, 2.24) is 5.32 Å². The smallest absolute Gasteiger partial charge is 0.136 e. The molecule has 1 aliphatic heterocycles. The van der Waals surface area contributed by atoms with Crippen LogP contribution in [-0.4, -0.2) is 41.6 Å². The summed E-state index contributed by atoms with van der Waals surface area (Å²) in [6.45, 7) is 0.176. The van der Waals surface area contributed by atoms with Gasteiger partial charge in [0.1, 0.15) is 6.04 Å². The van der Waals surface area contributed by atoms with Gasteiger partial charge >= 0.3 is 0 Å². The Morgan fingerprint density at radius 3 is 2.80 bits per heavy atom. The third-order valence-electron chi connectivity index (χ3n) is 1.71. The second kappa shape index (κ2) is 3.05. The largest absolute Gasteiger partial charge is 0.395 e. The standard InChI is InChI=1S/C5H10N2O3/c8-2-3-5(7-10)4(9)1-6-3/h3-6,8-9H,1-2H2/t3?,4-,5+/m0/s1. The van der Waals surface area contributed by atoms with Crippen molar-refractivity contribution in [3.8, 4) is 0 Å². The van der Waals surface area contributed by atoms with E-state index in [2.05, 4.69) is 10.5 Å². The molecule has 1 saturated heterocycles. The Bertz CT molecular complexity index is 130. The molecule has 0 bridgehead atoms. The van der Waals surface area contributed by atoms with Crippen molar-refractivity contribution in [1.29, 1.82) is 0 Å². The molecule has 0 spiro atoms. The molecule has 10 heavy (non-hydrogen) atoms. The number of hydrogen-bond donors (Lipinski definition) is 3. The first kappa shape index (κ1) is 7.59. The van der Waals surface area contributed by atoms with Crippen LogP contribution in [0.1, 0.15) is 0 Å². The summed E-state index contributed by atoms with van der Waals surface area (Å²) < 4.78 is 0. The summed E-state index contributed by atoms with van der Waals surface area (Å²) in [6, 6.07) is -1.06. The van der Waals surface area contributed by atoms with Gasteiger partial charge < -0.3 is 15.5 Å². The molecule has 0 aromatic rings. The summed E-state index contributed by atoms with van der Waals surface area (Å²) in [5.41, 5.74) is 0. The average molecular weight is 146 g/mol. The maximum absolute atomic E-state index is 10.0. The maximum Gasteiger partial charge on any atom is 0.136 e. The lowest BCUT2D eigenvalue weighted by molar-refractivity contribution is 0.162. The summed E-state index contributed by atoms with van der Waals surface area (Å²) in [4.78, 5) is 10.0. The number of β-amino-alcohol motifs (C(OH)–C–C–N with tert-alkyl or cyclic N) is 1. The van der Waals surface area contributed by atoms with Gasteiger partial charge in [0.25, 0.3) is 0 Å². The molecule has 0 aromatic heterocycles. The van der Waals surface area contributed by atoms with E-state index in [1.807, 2.05) is 0 Å². The molecular formula is C5H10N2O3. The maximum atomic E-state index is 10.0. The van der Waals surface area contributed by atoms with Gasteiger partial charge in [-0.1, -0.05) is 5.18 Å². The molecule has 3 N–H and O–H groups in total. The molecule has 1 heterocycles. The minimum Gasteiger partial charge on any atom is -0.395 e. The number of aliphatic hydroxyl groups is 2. The van der Waals surface area contributed by atoms with Crippen LogP contribution in [0.5, 0.6) is 0 Å². The average Bonchev–Trinajstić information content (AvgIpc) is 2.30. The molecule has 58 valence electrons. The van der Waals surface area contributed by atoms with Crippen molar-refractivity contribution >= 4 is 0 Å². The van der Waals surface area contributed by atoms with E-state index in [-0.39, 0.29) is 12.6 Å². The molecule has 0 radical (unpaired) electrons. The van der Waals surface area contributed by atoms with Gasteiger partial charge in [-0.25, -0.2) is 0 Å². The Morgan fingerprint density at radius 1 is 1.70 bits per heavy atom. The Labute approximate surface area is 58.0 Å². The predicted molar refractivity (Wildman–Crippen MR) is 34.5 cm³/mol. The first-order chi connectivity index (χ1) is 4.79. The van der Waals surface area contributed by atoms with Gasteiger partial charge in [-0.2, -0.15) is 4.91 Å². The Hall–Kier alpha value is -0.520. The normalized spacial score (nSPS) is 40.0. The Morgan fingerprint density at radius 2 is 2.40 bits per heavy atom. The van der Waals surface area contributed by atoms with Crippen LogP contribution in [0.2, 0.25) is 0 Å². The number of nitrogens with zero attached hydrogens (tertiary/aromatic N) is 1. The molecule has 0 aliphatic carbocycles. The quantitative estimate of drug-likeness (QED) is 0.412. The van der Waals surface area contributed by atoms with Crippen molar-refractivity contribution in [2.24, 2.45) is 5.18 Å². The molecule has 5 heteroatoms. The highest BCUT2D eigenvalue weighted by molar-refractivity contribution is 4.95. The first-order valence-corrected chi connectivity index (χ1v) is 3.14. The number of rotatable bonds is 2. The molecule has 0 saturated carbocycles. The molecule has 1 aliphatic rings.